The van der Waals surface area contributed by atoms with Crippen LogP contribution in [0.5, 0.6) is 0 Å². The summed E-state index contributed by atoms with van der Waals surface area (Å²) in [5, 5.41) is 2.74. The third kappa shape index (κ3) is 5.32. The smallest absolute Gasteiger partial charge is 0.421 e. The highest BCUT2D eigenvalue weighted by molar-refractivity contribution is 7.90. The number of sulfonamides is 1. The molecule has 25 heavy (non-hydrogen) atoms. The third-order valence-electron chi connectivity index (χ3n) is 3.22. The molecule has 2 rings (SSSR count). The van der Waals surface area contributed by atoms with Crippen molar-refractivity contribution in [3.05, 3.63) is 65.7 Å². The van der Waals surface area contributed by atoms with E-state index in [1.807, 2.05) is 6.07 Å². The molecule has 2 N–H and O–H groups in total. The highest BCUT2D eigenvalue weighted by Crippen LogP contribution is 2.11. The molecule has 2 aromatic carbocycles. The monoisotopic (exact) mass is 362 g/mol. The molecule has 0 radical (unpaired) electrons. The van der Waals surface area contributed by atoms with E-state index >= 15 is 0 Å². The topological polar surface area (TPSA) is 102 Å². The Bertz CT molecular complexity index is 833. The predicted molar refractivity (Wildman–Crippen MR) is 91.4 cm³/mol. The molecule has 0 atom stereocenters. The fourth-order valence-electron chi connectivity index (χ4n) is 1.99. The van der Waals surface area contributed by atoms with Gasteiger partial charge in [0, 0.05) is 12.1 Å². The highest BCUT2D eigenvalue weighted by Gasteiger charge is 2.18. The standard InChI is InChI=1S/C17H18N2O5S/c1-2-24-17(21)19-25(22,23)15-10-8-13(9-11-15)12-18-16(20)14-6-4-3-5-7-14/h3-11H,2,12H2,1H3,(H,18,20)(H,19,21). The van der Waals surface area contributed by atoms with Crippen LogP contribution >= 0.6 is 0 Å². The summed E-state index contributed by atoms with van der Waals surface area (Å²) in [6.07, 6.45) is -1.03. The van der Waals surface area contributed by atoms with E-state index in [4.69, 9.17) is 0 Å². The number of hydrogen-bond acceptors (Lipinski definition) is 5. The first-order valence-corrected chi connectivity index (χ1v) is 9.02. The number of nitrogens with one attached hydrogen (secondary N) is 2. The zero-order chi connectivity index (χ0) is 18.3. The second-order valence-electron chi connectivity index (χ2n) is 5.02. The van der Waals surface area contributed by atoms with Crippen LogP contribution in [0, 0.1) is 0 Å². The third-order valence-corrected chi connectivity index (χ3v) is 4.54. The molecule has 7 nitrogen and oxygen atoms in total. The summed E-state index contributed by atoms with van der Waals surface area (Å²) in [7, 11) is -3.98. The summed E-state index contributed by atoms with van der Waals surface area (Å²) in [6.45, 7) is 1.89. The van der Waals surface area contributed by atoms with Gasteiger partial charge in [0.2, 0.25) is 0 Å². The van der Waals surface area contributed by atoms with Crippen LogP contribution in [0.3, 0.4) is 0 Å². The molecule has 2 aromatic rings. The quantitative estimate of drug-likeness (QED) is 0.819. The molecule has 0 saturated heterocycles. The maximum absolute atomic E-state index is 12.0. The average molecular weight is 362 g/mol. The summed E-state index contributed by atoms with van der Waals surface area (Å²) in [5.74, 6) is -0.221. The summed E-state index contributed by atoms with van der Waals surface area (Å²) < 4.78 is 30.4. The van der Waals surface area contributed by atoms with Gasteiger partial charge in [-0.1, -0.05) is 30.3 Å². The molecule has 0 spiro atoms. The molecule has 0 saturated carbocycles. The van der Waals surface area contributed by atoms with Gasteiger partial charge in [-0.2, -0.15) is 0 Å². The number of carbonyl (C=O) groups is 2. The van der Waals surface area contributed by atoms with Gasteiger partial charge in [0.25, 0.3) is 15.9 Å². The molecule has 8 heteroatoms. The molecule has 0 aliphatic heterocycles. The molecule has 0 heterocycles. The van der Waals surface area contributed by atoms with Crippen molar-refractivity contribution in [2.75, 3.05) is 6.61 Å². The Balaban J connectivity index is 1.98. The molecule has 0 fully saturated rings. The fourth-order valence-corrected chi connectivity index (χ4v) is 2.88. The lowest BCUT2D eigenvalue weighted by atomic mass is 10.2. The minimum atomic E-state index is -3.98. The van der Waals surface area contributed by atoms with Crippen molar-refractivity contribution in [1.82, 2.24) is 10.0 Å². The summed E-state index contributed by atoms with van der Waals surface area (Å²) in [5.41, 5.74) is 1.26. The normalized spacial score (nSPS) is 10.8. The van der Waals surface area contributed by atoms with Crippen molar-refractivity contribution in [3.8, 4) is 0 Å². The number of benzene rings is 2. The molecule has 0 unspecified atom stereocenters. The van der Waals surface area contributed by atoms with Crippen molar-refractivity contribution >= 4 is 22.0 Å². The van der Waals surface area contributed by atoms with Gasteiger partial charge >= 0.3 is 6.09 Å². The van der Waals surface area contributed by atoms with Crippen LogP contribution < -0.4 is 10.0 Å². The number of rotatable bonds is 6. The van der Waals surface area contributed by atoms with Gasteiger partial charge < -0.3 is 10.1 Å². The average Bonchev–Trinajstić information content (AvgIpc) is 2.60. The van der Waals surface area contributed by atoms with Gasteiger partial charge in [0.15, 0.2) is 0 Å². The number of carbonyl (C=O) groups excluding carboxylic acids is 2. The van der Waals surface area contributed by atoms with E-state index in [2.05, 4.69) is 10.1 Å². The van der Waals surface area contributed by atoms with E-state index in [0.717, 1.165) is 5.56 Å². The lowest BCUT2D eigenvalue weighted by molar-refractivity contribution is 0.0950. The number of amides is 2. The van der Waals surface area contributed by atoms with Gasteiger partial charge in [-0.25, -0.2) is 17.9 Å². The van der Waals surface area contributed by atoms with Crippen LogP contribution in [0.1, 0.15) is 22.8 Å². The van der Waals surface area contributed by atoms with Gasteiger partial charge in [0.05, 0.1) is 11.5 Å². The first-order valence-electron chi connectivity index (χ1n) is 7.54. The molecule has 132 valence electrons. The van der Waals surface area contributed by atoms with Crippen molar-refractivity contribution in [2.45, 2.75) is 18.4 Å². The van der Waals surface area contributed by atoms with E-state index in [-0.39, 0.29) is 24.0 Å². The first-order chi connectivity index (χ1) is 11.9. The van der Waals surface area contributed by atoms with E-state index in [9.17, 15) is 18.0 Å². The second-order valence-corrected chi connectivity index (χ2v) is 6.70. The minimum absolute atomic E-state index is 0.0707. The molecule has 0 aliphatic rings. The van der Waals surface area contributed by atoms with Crippen LogP contribution in [0.15, 0.2) is 59.5 Å². The molecule has 0 bridgehead atoms. The van der Waals surface area contributed by atoms with Gasteiger partial charge in [-0.15, -0.1) is 0 Å². The Labute approximate surface area is 146 Å². The SMILES string of the molecule is CCOC(=O)NS(=O)(=O)c1ccc(CNC(=O)c2ccccc2)cc1. The van der Waals surface area contributed by atoms with E-state index in [1.165, 1.54) is 12.1 Å². The maximum atomic E-state index is 12.0. The van der Waals surface area contributed by atoms with Crippen LogP contribution in [0.25, 0.3) is 0 Å². The maximum Gasteiger partial charge on any atom is 0.421 e. The van der Waals surface area contributed by atoms with Crippen molar-refractivity contribution in [3.63, 3.8) is 0 Å². The van der Waals surface area contributed by atoms with Crippen LogP contribution in [-0.4, -0.2) is 27.0 Å². The predicted octanol–water partition coefficient (Wildman–Crippen LogP) is 2.05. The summed E-state index contributed by atoms with van der Waals surface area (Å²) in [6, 6.07) is 14.6. The van der Waals surface area contributed by atoms with Crippen LogP contribution in [-0.2, 0) is 21.3 Å². The zero-order valence-corrected chi connectivity index (χ0v) is 14.4. The van der Waals surface area contributed by atoms with Crippen LogP contribution in [0.4, 0.5) is 4.79 Å². The lowest BCUT2D eigenvalue weighted by Crippen LogP contribution is -2.31. The highest BCUT2D eigenvalue weighted by atomic mass is 32.2. The second kappa shape index (κ2) is 8.29. The molecule has 0 aliphatic carbocycles. The molecule has 0 aromatic heterocycles. The Hall–Kier alpha value is -2.87. The van der Waals surface area contributed by atoms with E-state index in [0.29, 0.717) is 5.56 Å². The Morgan fingerprint density at radius 1 is 1.00 bits per heavy atom. The van der Waals surface area contributed by atoms with Gasteiger partial charge in [-0.3, -0.25) is 4.79 Å². The van der Waals surface area contributed by atoms with Crippen molar-refractivity contribution in [1.29, 1.82) is 0 Å². The fraction of sp³-hybridized carbons (Fsp3) is 0.176. The van der Waals surface area contributed by atoms with E-state index < -0.39 is 16.1 Å². The number of ether oxygens (including phenoxy) is 1. The first kappa shape index (κ1) is 18.5. The Morgan fingerprint density at radius 3 is 2.24 bits per heavy atom. The number of hydrogen-bond donors (Lipinski definition) is 2. The van der Waals surface area contributed by atoms with Crippen molar-refractivity contribution < 1.29 is 22.7 Å². The largest absolute Gasteiger partial charge is 0.449 e. The van der Waals surface area contributed by atoms with Gasteiger partial charge in [0.1, 0.15) is 0 Å². The van der Waals surface area contributed by atoms with Crippen molar-refractivity contribution in [2.24, 2.45) is 0 Å². The zero-order valence-electron chi connectivity index (χ0n) is 13.6. The van der Waals surface area contributed by atoms with Crippen LogP contribution in [0.2, 0.25) is 0 Å². The molecular formula is C17H18N2O5S. The molecule has 2 amide bonds. The lowest BCUT2D eigenvalue weighted by Gasteiger charge is -2.08. The van der Waals surface area contributed by atoms with E-state index in [1.54, 1.807) is 48.0 Å². The minimum Gasteiger partial charge on any atom is -0.449 e. The Morgan fingerprint density at radius 2 is 1.64 bits per heavy atom. The summed E-state index contributed by atoms with van der Waals surface area (Å²) in [4.78, 5) is 23.1. The molecular weight excluding hydrogens is 344 g/mol. The van der Waals surface area contributed by atoms with Gasteiger partial charge in [-0.05, 0) is 36.8 Å². The Kier molecular flexibility index (Phi) is 6.13. The summed E-state index contributed by atoms with van der Waals surface area (Å²) >= 11 is 0.